The summed E-state index contributed by atoms with van der Waals surface area (Å²) < 4.78 is 0. The second-order valence-corrected chi connectivity index (χ2v) is 2.61. The summed E-state index contributed by atoms with van der Waals surface area (Å²) in [7, 11) is 0. The summed E-state index contributed by atoms with van der Waals surface area (Å²) in [4.78, 5) is 11.2. The lowest BCUT2D eigenvalue weighted by Crippen LogP contribution is -2.11. The molecule has 11 heavy (non-hydrogen) atoms. The highest BCUT2D eigenvalue weighted by atomic mass is 16.1. The van der Waals surface area contributed by atoms with Crippen LogP contribution in [0.1, 0.15) is 12.8 Å². The summed E-state index contributed by atoms with van der Waals surface area (Å²) in [5.74, 6) is 0.360. The fraction of sp³-hybridized carbons (Fsp3) is 0.300. The van der Waals surface area contributed by atoms with Crippen molar-refractivity contribution in [2.24, 2.45) is 5.92 Å². The van der Waals surface area contributed by atoms with Crippen LogP contribution in [0.15, 0.2) is 37.0 Å². The van der Waals surface area contributed by atoms with Gasteiger partial charge in [-0.1, -0.05) is 30.4 Å². The summed E-state index contributed by atoms with van der Waals surface area (Å²) in [6.45, 7) is 3.53. The first-order chi connectivity index (χ1) is 5.34. The van der Waals surface area contributed by atoms with E-state index in [1.807, 2.05) is 24.3 Å². The first-order valence-electron chi connectivity index (χ1n) is 3.81. The SMILES string of the molecule is C=CCC(=O)C1C=CC=CC1. The van der Waals surface area contributed by atoms with Crippen LogP contribution in [0.3, 0.4) is 0 Å². The van der Waals surface area contributed by atoms with E-state index in [0.29, 0.717) is 6.42 Å². The lowest BCUT2D eigenvalue weighted by molar-refractivity contribution is -0.120. The molecule has 1 rings (SSSR count). The van der Waals surface area contributed by atoms with Crippen molar-refractivity contribution in [3.8, 4) is 0 Å². The minimum atomic E-state index is 0.0954. The fourth-order valence-electron chi connectivity index (χ4n) is 1.11. The molecule has 0 aliphatic heterocycles. The van der Waals surface area contributed by atoms with Crippen molar-refractivity contribution in [2.45, 2.75) is 12.8 Å². The maximum Gasteiger partial charge on any atom is 0.143 e. The van der Waals surface area contributed by atoms with Crippen molar-refractivity contribution in [1.82, 2.24) is 0 Å². The molecule has 0 radical (unpaired) electrons. The molecular weight excluding hydrogens is 136 g/mol. The van der Waals surface area contributed by atoms with E-state index in [1.54, 1.807) is 6.08 Å². The normalized spacial score (nSPS) is 21.6. The molecule has 0 heterocycles. The van der Waals surface area contributed by atoms with Gasteiger partial charge in [0.1, 0.15) is 5.78 Å². The number of allylic oxidation sites excluding steroid dienone is 5. The van der Waals surface area contributed by atoms with Gasteiger partial charge in [-0.3, -0.25) is 4.79 Å². The molecule has 1 atom stereocenters. The van der Waals surface area contributed by atoms with E-state index in [-0.39, 0.29) is 11.7 Å². The Labute approximate surface area is 67.1 Å². The maximum atomic E-state index is 11.2. The highest BCUT2D eigenvalue weighted by Crippen LogP contribution is 2.13. The van der Waals surface area contributed by atoms with E-state index in [1.165, 1.54) is 0 Å². The Kier molecular flexibility index (Phi) is 2.84. The first-order valence-corrected chi connectivity index (χ1v) is 3.81. The fourth-order valence-corrected chi connectivity index (χ4v) is 1.11. The Bertz CT molecular complexity index is 211. The Morgan fingerprint density at radius 3 is 3.00 bits per heavy atom. The van der Waals surface area contributed by atoms with Gasteiger partial charge in [-0.15, -0.1) is 6.58 Å². The number of rotatable bonds is 3. The van der Waals surface area contributed by atoms with Gasteiger partial charge >= 0.3 is 0 Å². The Morgan fingerprint density at radius 1 is 1.64 bits per heavy atom. The third-order valence-corrected chi connectivity index (χ3v) is 1.74. The van der Waals surface area contributed by atoms with Crippen LogP contribution in [-0.4, -0.2) is 5.78 Å². The number of carbonyl (C=O) groups excluding carboxylic acids is 1. The van der Waals surface area contributed by atoms with Crippen molar-refractivity contribution >= 4 is 5.78 Å². The maximum absolute atomic E-state index is 11.2. The van der Waals surface area contributed by atoms with Gasteiger partial charge in [0.15, 0.2) is 0 Å². The zero-order valence-electron chi connectivity index (χ0n) is 6.49. The molecule has 1 aliphatic carbocycles. The van der Waals surface area contributed by atoms with E-state index in [0.717, 1.165) is 6.42 Å². The molecule has 0 aromatic carbocycles. The molecule has 0 bridgehead atoms. The van der Waals surface area contributed by atoms with Crippen LogP contribution < -0.4 is 0 Å². The van der Waals surface area contributed by atoms with E-state index in [9.17, 15) is 4.79 Å². The third kappa shape index (κ3) is 2.19. The zero-order valence-corrected chi connectivity index (χ0v) is 6.49. The van der Waals surface area contributed by atoms with Crippen LogP contribution in [0.2, 0.25) is 0 Å². The Balaban J connectivity index is 2.48. The average molecular weight is 148 g/mol. The standard InChI is InChI=1S/C10H12O/c1-2-6-10(11)9-7-4-3-5-8-9/h2-5,7,9H,1,6,8H2. The predicted octanol–water partition coefficient (Wildman–Crippen LogP) is 2.26. The summed E-state index contributed by atoms with van der Waals surface area (Å²) >= 11 is 0. The molecule has 0 saturated heterocycles. The third-order valence-electron chi connectivity index (χ3n) is 1.74. The van der Waals surface area contributed by atoms with E-state index >= 15 is 0 Å². The van der Waals surface area contributed by atoms with Gasteiger partial charge in [0.05, 0.1) is 0 Å². The largest absolute Gasteiger partial charge is 0.299 e. The summed E-state index contributed by atoms with van der Waals surface area (Å²) in [6, 6.07) is 0. The van der Waals surface area contributed by atoms with Crippen LogP contribution in [0, 0.1) is 5.92 Å². The zero-order chi connectivity index (χ0) is 8.10. The summed E-state index contributed by atoms with van der Waals surface area (Å²) in [5.41, 5.74) is 0. The van der Waals surface area contributed by atoms with Gasteiger partial charge in [-0.2, -0.15) is 0 Å². The minimum absolute atomic E-state index is 0.0954. The van der Waals surface area contributed by atoms with Crippen LogP contribution in [0.5, 0.6) is 0 Å². The summed E-state index contributed by atoms with van der Waals surface area (Å²) in [6.07, 6.45) is 10.9. The highest BCUT2D eigenvalue weighted by Gasteiger charge is 2.12. The van der Waals surface area contributed by atoms with Crippen LogP contribution >= 0.6 is 0 Å². The molecule has 0 spiro atoms. The Hall–Kier alpha value is -1.11. The number of carbonyl (C=O) groups is 1. The molecule has 0 aromatic heterocycles. The van der Waals surface area contributed by atoms with Crippen molar-refractivity contribution in [3.63, 3.8) is 0 Å². The molecule has 1 nitrogen and oxygen atoms in total. The van der Waals surface area contributed by atoms with Gasteiger partial charge in [-0.25, -0.2) is 0 Å². The lowest BCUT2D eigenvalue weighted by atomic mass is 9.94. The van der Waals surface area contributed by atoms with E-state index in [2.05, 4.69) is 6.58 Å². The molecule has 0 saturated carbocycles. The van der Waals surface area contributed by atoms with Crippen LogP contribution in [0.25, 0.3) is 0 Å². The average Bonchev–Trinajstić information content (AvgIpc) is 2.07. The van der Waals surface area contributed by atoms with E-state index in [4.69, 9.17) is 0 Å². The Morgan fingerprint density at radius 2 is 2.45 bits per heavy atom. The van der Waals surface area contributed by atoms with Gasteiger partial charge in [0.2, 0.25) is 0 Å². The molecular formula is C10H12O. The van der Waals surface area contributed by atoms with Crippen molar-refractivity contribution < 1.29 is 4.79 Å². The molecule has 58 valence electrons. The van der Waals surface area contributed by atoms with Crippen molar-refractivity contribution in [1.29, 1.82) is 0 Å². The molecule has 0 aromatic rings. The van der Waals surface area contributed by atoms with Crippen molar-refractivity contribution in [3.05, 3.63) is 37.0 Å². The van der Waals surface area contributed by atoms with Gasteiger partial charge < -0.3 is 0 Å². The molecule has 1 unspecified atom stereocenters. The number of hydrogen-bond acceptors (Lipinski definition) is 1. The molecule has 0 fully saturated rings. The molecule has 0 N–H and O–H groups in total. The van der Waals surface area contributed by atoms with Crippen LogP contribution in [0.4, 0.5) is 0 Å². The number of hydrogen-bond donors (Lipinski definition) is 0. The lowest BCUT2D eigenvalue weighted by Gasteiger charge is -2.09. The van der Waals surface area contributed by atoms with Gasteiger partial charge in [0.25, 0.3) is 0 Å². The summed E-state index contributed by atoms with van der Waals surface area (Å²) in [5, 5.41) is 0. The molecule has 1 aliphatic rings. The number of ketones is 1. The topological polar surface area (TPSA) is 17.1 Å². The first kappa shape index (κ1) is 7.99. The number of Topliss-reactive ketones (excluding diaryl/α,β-unsaturated/α-hetero) is 1. The second-order valence-electron chi connectivity index (χ2n) is 2.61. The predicted molar refractivity (Wildman–Crippen MR) is 46.2 cm³/mol. The van der Waals surface area contributed by atoms with Gasteiger partial charge in [0, 0.05) is 12.3 Å². The van der Waals surface area contributed by atoms with Crippen molar-refractivity contribution in [2.75, 3.05) is 0 Å². The van der Waals surface area contributed by atoms with Gasteiger partial charge in [-0.05, 0) is 6.42 Å². The van der Waals surface area contributed by atoms with Crippen LogP contribution in [-0.2, 0) is 4.79 Å². The molecule has 1 heteroatoms. The quantitative estimate of drug-likeness (QED) is 0.561. The highest BCUT2D eigenvalue weighted by molar-refractivity contribution is 5.84. The smallest absolute Gasteiger partial charge is 0.143 e. The van der Waals surface area contributed by atoms with E-state index < -0.39 is 0 Å². The second kappa shape index (κ2) is 3.91. The monoisotopic (exact) mass is 148 g/mol. The molecule has 0 amide bonds. The minimum Gasteiger partial charge on any atom is -0.299 e.